The largest absolute Gasteiger partial charge is 0.744 e. The first-order valence-electron chi connectivity index (χ1n) is 7.83. The van der Waals surface area contributed by atoms with E-state index in [1.165, 1.54) is 0 Å². The van der Waals surface area contributed by atoms with Crippen molar-refractivity contribution in [3.63, 3.8) is 0 Å². The Kier molecular flexibility index (Phi) is 5.05. The summed E-state index contributed by atoms with van der Waals surface area (Å²) in [5, 5.41) is 0. The maximum Gasteiger partial charge on any atom is 0.134 e. The Morgan fingerprint density at radius 2 is 0.917 bits per heavy atom. The van der Waals surface area contributed by atoms with Crippen LogP contribution in [0.5, 0.6) is 0 Å². The topological polar surface area (TPSA) is 57.2 Å². The van der Waals surface area contributed by atoms with Gasteiger partial charge in [-0.25, -0.2) is 17.2 Å². The van der Waals surface area contributed by atoms with Gasteiger partial charge in [0.2, 0.25) is 0 Å². The zero-order chi connectivity index (χ0) is 19.5. The molecular weight excluding hydrogens is 334 g/mol. The molecule has 0 saturated carbocycles. The van der Waals surface area contributed by atoms with Gasteiger partial charge in [0.15, 0.2) is 0 Å². The van der Waals surface area contributed by atoms with E-state index < -0.39 is 42.9 Å². The zero-order valence-electron chi connectivity index (χ0n) is 15.9. The highest BCUT2D eigenvalue weighted by Gasteiger charge is 2.39. The van der Waals surface area contributed by atoms with Gasteiger partial charge in [-0.3, -0.25) is 0 Å². The summed E-state index contributed by atoms with van der Waals surface area (Å²) in [5.74, 6) is -1.90. The van der Waals surface area contributed by atoms with Gasteiger partial charge in [0.05, 0.1) is 4.90 Å². The second-order valence-corrected chi connectivity index (χ2v) is 10.6. The van der Waals surface area contributed by atoms with E-state index in [1.54, 1.807) is 62.3 Å². The van der Waals surface area contributed by atoms with Gasteiger partial charge in [0, 0.05) is 16.7 Å². The Hall–Kier alpha value is -1.01. The van der Waals surface area contributed by atoms with E-state index in [4.69, 9.17) is 0 Å². The molecule has 138 valence electrons. The average Bonchev–Trinajstić information content (AvgIpc) is 2.20. The lowest BCUT2D eigenvalue weighted by Crippen LogP contribution is -2.31. The van der Waals surface area contributed by atoms with Gasteiger partial charge in [-0.15, -0.1) is 0 Å². The summed E-state index contributed by atoms with van der Waals surface area (Å²) in [5.41, 5.74) is -3.53. The van der Waals surface area contributed by atoms with Crippen LogP contribution in [0.3, 0.4) is 0 Å². The average molecular weight is 361 g/mol. The Morgan fingerprint density at radius 3 is 1.08 bits per heavy atom. The summed E-state index contributed by atoms with van der Waals surface area (Å²) in [7, 11) is -5.07. The van der Waals surface area contributed by atoms with E-state index in [1.807, 2.05) is 0 Å². The Morgan fingerprint density at radius 1 is 0.667 bits per heavy atom. The summed E-state index contributed by atoms with van der Waals surface area (Å²) in [4.78, 5) is -0.759. The first kappa shape index (κ1) is 21.0. The minimum absolute atomic E-state index is 0.190. The molecule has 0 unspecified atom stereocenters. The van der Waals surface area contributed by atoms with Crippen molar-refractivity contribution in [3.8, 4) is 0 Å². The summed E-state index contributed by atoms with van der Waals surface area (Å²) in [6.07, 6.45) is 0. The molecule has 1 rings (SSSR count). The van der Waals surface area contributed by atoms with E-state index in [9.17, 15) is 13.0 Å². The van der Waals surface area contributed by atoms with Gasteiger partial charge < -0.3 is 4.55 Å². The Labute approximate surface area is 144 Å². The molecule has 1 aromatic carbocycles. The fourth-order valence-electron chi connectivity index (χ4n) is 2.92. The van der Waals surface area contributed by atoms with Crippen LogP contribution >= 0.6 is 0 Å². The molecular formula is C18H27F2O3S-. The third-order valence-corrected chi connectivity index (χ3v) is 4.74. The van der Waals surface area contributed by atoms with Crippen LogP contribution in [0.25, 0.3) is 0 Å². The maximum absolute atomic E-state index is 15.2. The number of halogens is 2. The van der Waals surface area contributed by atoms with Crippen molar-refractivity contribution in [2.75, 3.05) is 0 Å². The molecule has 0 fully saturated rings. The quantitative estimate of drug-likeness (QED) is 0.678. The third kappa shape index (κ3) is 3.80. The molecule has 0 bridgehead atoms. The van der Waals surface area contributed by atoms with Crippen LogP contribution in [0.2, 0.25) is 0 Å². The van der Waals surface area contributed by atoms with Gasteiger partial charge in [-0.2, -0.15) is 0 Å². The van der Waals surface area contributed by atoms with Crippen molar-refractivity contribution in [1.82, 2.24) is 0 Å². The second-order valence-electron chi connectivity index (χ2n) is 9.29. The van der Waals surface area contributed by atoms with Crippen molar-refractivity contribution in [1.29, 1.82) is 0 Å². The lowest BCUT2D eigenvalue weighted by molar-refractivity contribution is 0.402. The van der Waals surface area contributed by atoms with Crippen LogP contribution in [0.1, 0.15) is 79.0 Å². The van der Waals surface area contributed by atoms with Crippen molar-refractivity contribution >= 4 is 10.1 Å². The normalized spacial score (nSPS) is 14.2. The number of rotatable bonds is 1. The highest BCUT2D eigenvalue weighted by atomic mass is 32.2. The molecule has 0 radical (unpaired) electrons. The summed E-state index contributed by atoms with van der Waals surface area (Å²) in [6, 6.07) is 0. The van der Waals surface area contributed by atoms with Crippen molar-refractivity contribution < 1.29 is 21.8 Å². The smallest absolute Gasteiger partial charge is 0.134 e. The van der Waals surface area contributed by atoms with Crippen LogP contribution in [0.4, 0.5) is 8.78 Å². The minimum Gasteiger partial charge on any atom is -0.744 e. The molecule has 0 heterocycles. The number of benzene rings is 1. The standard InChI is InChI=1S/C18H28F2O3S/c1-16(2,3)10-13(19)11(17(4,5)6)15(24(21,22)23)12(14(10)20)18(7,8)9/h1-9H3,(H,21,22,23)/p-1. The van der Waals surface area contributed by atoms with Gasteiger partial charge in [0.25, 0.3) is 0 Å². The van der Waals surface area contributed by atoms with E-state index in [-0.39, 0.29) is 16.7 Å². The molecule has 3 nitrogen and oxygen atoms in total. The molecule has 0 spiro atoms. The van der Waals surface area contributed by atoms with Crippen molar-refractivity contribution in [2.45, 2.75) is 83.5 Å². The van der Waals surface area contributed by atoms with E-state index in [0.717, 1.165) is 0 Å². The number of hydrogen-bond donors (Lipinski definition) is 0. The van der Waals surface area contributed by atoms with Gasteiger partial charge in [0.1, 0.15) is 21.8 Å². The Bertz CT molecular complexity index is 718. The zero-order valence-corrected chi connectivity index (χ0v) is 16.7. The van der Waals surface area contributed by atoms with E-state index in [2.05, 4.69) is 0 Å². The van der Waals surface area contributed by atoms with Crippen molar-refractivity contribution in [3.05, 3.63) is 28.3 Å². The molecule has 0 N–H and O–H groups in total. The van der Waals surface area contributed by atoms with Gasteiger partial charge >= 0.3 is 0 Å². The summed E-state index contributed by atoms with van der Waals surface area (Å²) < 4.78 is 66.3. The lowest BCUT2D eigenvalue weighted by Gasteiger charge is -2.35. The first-order valence-corrected chi connectivity index (χ1v) is 9.24. The SMILES string of the molecule is CC(C)(C)c1c(F)c(C(C)(C)C)c(S(=O)(=O)[O-])c(C(C)(C)C)c1F. The maximum atomic E-state index is 15.2. The molecule has 24 heavy (non-hydrogen) atoms. The second kappa shape index (κ2) is 5.77. The molecule has 0 aromatic heterocycles. The van der Waals surface area contributed by atoms with Crippen LogP contribution < -0.4 is 0 Å². The van der Waals surface area contributed by atoms with Gasteiger partial charge in [-0.05, 0) is 16.2 Å². The molecule has 0 aliphatic rings. The third-order valence-electron chi connectivity index (χ3n) is 3.83. The molecule has 0 saturated heterocycles. The minimum atomic E-state index is -5.07. The lowest BCUT2D eigenvalue weighted by atomic mass is 9.74. The number of hydrogen-bond acceptors (Lipinski definition) is 3. The summed E-state index contributed by atoms with van der Waals surface area (Å²) >= 11 is 0. The van der Waals surface area contributed by atoms with Crippen LogP contribution in [0, 0.1) is 11.6 Å². The monoisotopic (exact) mass is 361 g/mol. The van der Waals surface area contributed by atoms with Crippen LogP contribution in [-0.2, 0) is 26.4 Å². The predicted octanol–water partition coefficient (Wildman–Crippen LogP) is 4.76. The first-order chi connectivity index (χ1) is 10.3. The fourth-order valence-corrected chi connectivity index (χ4v) is 4.21. The van der Waals surface area contributed by atoms with Crippen LogP contribution in [-0.4, -0.2) is 13.0 Å². The van der Waals surface area contributed by atoms with Crippen molar-refractivity contribution in [2.24, 2.45) is 0 Å². The molecule has 6 heteroatoms. The van der Waals surface area contributed by atoms with E-state index >= 15 is 8.78 Å². The molecule has 1 aromatic rings. The highest BCUT2D eigenvalue weighted by Crippen LogP contribution is 2.44. The molecule has 0 atom stereocenters. The van der Waals surface area contributed by atoms with Gasteiger partial charge in [-0.1, -0.05) is 62.3 Å². The predicted molar refractivity (Wildman–Crippen MR) is 90.4 cm³/mol. The fraction of sp³-hybridized carbons (Fsp3) is 0.667. The van der Waals surface area contributed by atoms with Crippen LogP contribution in [0.15, 0.2) is 4.90 Å². The summed E-state index contributed by atoms with van der Waals surface area (Å²) in [6.45, 7) is 14.6. The highest BCUT2D eigenvalue weighted by molar-refractivity contribution is 7.85. The molecule has 0 aliphatic heterocycles. The molecule has 0 amide bonds. The Balaban J connectivity index is 4.40. The molecule has 0 aliphatic carbocycles. The van der Waals surface area contributed by atoms with E-state index in [0.29, 0.717) is 0 Å².